The molecule has 5 nitrogen and oxygen atoms in total. The van der Waals surface area contributed by atoms with Gasteiger partial charge in [-0.1, -0.05) is 37.8 Å². The molecule has 2 fully saturated rings. The van der Waals surface area contributed by atoms with E-state index in [4.69, 9.17) is 9.47 Å². The minimum absolute atomic E-state index is 0.101. The lowest BCUT2D eigenvalue weighted by atomic mass is 9.68. The Morgan fingerprint density at radius 3 is 2.38 bits per heavy atom. The summed E-state index contributed by atoms with van der Waals surface area (Å²) in [6, 6.07) is 0. The van der Waals surface area contributed by atoms with Gasteiger partial charge in [-0.15, -0.1) is 0 Å². The second-order valence-corrected chi connectivity index (χ2v) is 7.76. The van der Waals surface area contributed by atoms with Crippen LogP contribution in [0.2, 0.25) is 0 Å². The highest BCUT2D eigenvalue weighted by Crippen LogP contribution is 2.44. The molecule has 0 bridgehead atoms. The van der Waals surface area contributed by atoms with Crippen LogP contribution in [0.15, 0.2) is 37.0 Å². The van der Waals surface area contributed by atoms with E-state index < -0.39 is 0 Å². The Hall–Kier alpha value is -1.43. The maximum Gasteiger partial charge on any atom is 0.313 e. The van der Waals surface area contributed by atoms with Crippen molar-refractivity contribution in [1.82, 2.24) is 4.90 Å². The van der Waals surface area contributed by atoms with Crippen molar-refractivity contribution in [3.63, 3.8) is 0 Å². The molecular formula is C21H33NO4. The fourth-order valence-corrected chi connectivity index (χ4v) is 3.93. The van der Waals surface area contributed by atoms with Crippen LogP contribution in [0, 0.1) is 10.8 Å². The highest BCUT2D eigenvalue weighted by molar-refractivity contribution is 5.78. The Labute approximate surface area is 157 Å². The first-order chi connectivity index (χ1) is 12.5. The third-order valence-electron chi connectivity index (χ3n) is 5.94. The topological polar surface area (TPSA) is 59.0 Å². The van der Waals surface area contributed by atoms with Gasteiger partial charge in [-0.05, 0) is 44.3 Å². The second-order valence-electron chi connectivity index (χ2n) is 7.76. The van der Waals surface area contributed by atoms with Gasteiger partial charge >= 0.3 is 5.97 Å². The van der Waals surface area contributed by atoms with Crippen molar-refractivity contribution in [3.05, 3.63) is 37.0 Å². The van der Waals surface area contributed by atoms with Crippen LogP contribution in [-0.2, 0) is 14.3 Å². The second kappa shape index (κ2) is 9.49. The summed E-state index contributed by atoms with van der Waals surface area (Å²) in [7, 11) is 1.68. The van der Waals surface area contributed by atoms with Crippen molar-refractivity contribution in [1.29, 1.82) is 0 Å². The van der Waals surface area contributed by atoms with E-state index >= 15 is 0 Å². The van der Waals surface area contributed by atoms with Gasteiger partial charge in [0, 0.05) is 19.1 Å². The van der Waals surface area contributed by atoms with Crippen LogP contribution in [0.5, 0.6) is 0 Å². The number of methoxy groups -OCH3 is 1. The molecule has 0 aromatic rings. The molecule has 0 spiro atoms. The van der Waals surface area contributed by atoms with E-state index in [9.17, 15) is 9.90 Å². The molecule has 0 amide bonds. The third kappa shape index (κ3) is 4.84. The number of hydrogen-bond donors (Lipinski definition) is 1. The molecule has 1 aliphatic carbocycles. The van der Waals surface area contributed by atoms with Gasteiger partial charge in [0.2, 0.25) is 0 Å². The molecule has 5 heteroatoms. The molecule has 146 valence electrons. The first-order valence-electron chi connectivity index (χ1n) is 9.46. The summed E-state index contributed by atoms with van der Waals surface area (Å²) in [5, 5.41) is 9.73. The molecule has 2 rings (SSSR count). The summed E-state index contributed by atoms with van der Waals surface area (Å²) in [6.45, 7) is 10.9. The molecule has 0 radical (unpaired) electrons. The molecule has 2 aliphatic rings. The summed E-state index contributed by atoms with van der Waals surface area (Å²) in [5.74, 6) is -0.101. The first-order valence-corrected chi connectivity index (χ1v) is 9.46. The van der Waals surface area contributed by atoms with Gasteiger partial charge in [-0.2, -0.15) is 0 Å². The van der Waals surface area contributed by atoms with Crippen molar-refractivity contribution in [2.45, 2.75) is 32.1 Å². The third-order valence-corrected chi connectivity index (χ3v) is 5.94. The van der Waals surface area contributed by atoms with Crippen LogP contribution >= 0.6 is 0 Å². The van der Waals surface area contributed by atoms with Gasteiger partial charge in [-0.25, -0.2) is 0 Å². The summed E-state index contributed by atoms with van der Waals surface area (Å²) < 4.78 is 10.9. The van der Waals surface area contributed by atoms with Gasteiger partial charge in [0.05, 0.1) is 18.6 Å². The van der Waals surface area contributed by atoms with Crippen molar-refractivity contribution in [2.24, 2.45) is 10.8 Å². The minimum atomic E-state index is -0.374. The molecule has 1 saturated heterocycles. The van der Waals surface area contributed by atoms with Gasteiger partial charge in [-0.3, -0.25) is 4.79 Å². The fourth-order valence-electron chi connectivity index (χ4n) is 3.93. The number of likely N-dealkylation sites (tertiary alicyclic amines) is 1. The molecule has 1 saturated carbocycles. The monoisotopic (exact) mass is 363 g/mol. The Morgan fingerprint density at radius 1 is 1.23 bits per heavy atom. The average molecular weight is 363 g/mol. The SMILES string of the molecule is C=C/C=C(\C=C)COC(=O)C1(CN2CCC(CO)(COC)CC2)CCC1. The zero-order chi connectivity index (χ0) is 19.0. The predicted octanol–water partition coefficient (Wildman–Crippen LogP) is 2.72. The number of piperidine rings is 1. The quantitative estimate of drug-likeness (QED) is 0.478. The molecular weight excluding hydrogens is 330 g/mol. The lowest BCUT2D eigenvalue weighted by Gasteiger charge is -2.46. The van der Waals surface area contributed by atoms with Crippen LogP contribution in [0.25, 0.3) is 0 Å². The number of allylic oxidation sites excluding steroid dienone is 2. The number of rotatable bonds is 10. The van der Waals surface area contributed by atoms with Gasteiger partial charge in [0.25, 0.3) is 0 Å². The van der Waals surface area contributed by atoms with E-state index in [1.807, 2.05) is 6.08 Å². The molecule has 1 heterocycles. The van der Waals surface area contributed by atoms with Crippen LogP contribution in [0.3, 0.4) is 0 Å². The van der Waals surface area contributed by atoms with Crippen LogP contribution in [0.4, 0.5) is 0 Å². The molecule has 0 unspecified atom stereocenters. The lowest BCUT2D eigenvalue weighted by Crippen LogP contribution is -2.52. The first kappa shape index (κ1) is 20.9. The molecule has 1 N–H and O–H groups in total. The molecule has 1 aliphatic heterocycles. The van der Waals surface area contributed by atoms with Crippen LogP contribution in [0.1, 0.15) is 32.1 Å². The maximum atomic E-state index is 12.7. The highest BCUT2D eigenvalue weighted by atomic mass is 16.5. The minimum Gasteiger partial charge on any atom is -0.460 e. The molecule has 0 atom stereocenters. The smallest absolute Gasteiger partial charge is 0.313 e. The van der Waals surface area contributed by atoms with Gasteiger partial charge in [0.15, 0.2) is 0 Å². The molecule has 26 heavy (non-hydrogen) atoms. The Morgan fingerprint density at radius 2 is 1.92 bits per heavy atom. The van der Waals surface area contributed by atoms with E-state index in [1.165, 1.54) is 0 Å². The zero-order valence-corrected chi connectivity index (χ0v) is 16.0. The number of esters is 1. The predicted molar refractivity (Wildman–Crippen MR) is 103 cm³/mol. The number of nitrogens with zero attached hydrogens (tertiary/aromatic N) is 1. The van der Waals surface area contributed by atoms with Gasteiger partial charge in [0.1, 0.15) is 6.61 Å². The lowest BCUT2D eigenvalue weighted by molar-refractivity contribution is -0.163. The van der Waals surface area contributed by atoms with E-state index in [-0.39, 0.29) is 30.0 Å². The summed E-state index contributed by atoms with van der Waals surface area (Å²) in [5.41, 5.74) is 0.349. The fraction of sp³-hybridized carbons (Fsp3) is 0.667. The van der Waals surface area contributed by atoms with Gasteiger partial charge < -0.3 is 19.5 Å². The largest absolute Gasteiger partial charge is 0.460 e. The average Bonchev–Trinajstić information content (AvgIpc) is 2.63. The van der Waals surface area contributed by atoms with Crippen molar-refractivity contribution in [3.8, 4) is 0 Å². The number of carbonyl (C=O) groups is 1. The summed E-state index contributed by atoms with van der Waals surface area (Å²) in [4.78, 5) is 15.1. The highest BCUT2D eigenvalue weighted by Gasteiger charge is 2.47. The van der Waals surface area contributed by atoms with Crippen molar-refractivity contribution >= 4 is 5.97 Å². The Kier molecular flexibility index (Phi) is 7.62. The molecule has 0 aromatic heterocycles. The number of aliphatic hydroxyl groups is 1. The summed E-state index contributed by atoms with van der Waals surface area (Å²) >= 11 is 0. The number of hydrogen-bond acceptors (Lipinski definition) is 5. The molecule has 0 aromatic carbocycles. The number of ether oxygens (including phenoxy) is 2. The van der Waals surface area contributed by atoms with E-state index in [1.54, 1.807) is 19.3 Å². The number of carbonyl (C=O) groups excluding carboxylic acids is 1. The van der Waals surface area contributed by atoms with E-state index in [0.29, 0.717) is 6.61 Å². The van der Waals surface area contributed by atoms with Crippen molar-refractivity contribution < 1.29 is 19.4 Å². The maximum absolute atomic E-state index is 12.7. The van der Waals surface area contributed by atoms with Crippen LogP contribution in [-0.4, -0.2) is 62.5 Å². The van der Waals surface area contributed by atoms with E-state index in [0.717, 1.165) is 57.3 Å². The Bertz CT molecular complexity index is 528. The number of aliphatic hydroxyl groups excluding tert-OH is 1. The van der Waals surface area contributed by atoms with Crippen molar-refractivity contribution in [2.75, 3.05) is 46.6 Å². The standard InChI is InChI=1S/C21H33NO4/c1-4-7-18(5-2)14-26-19(24)21(8-6-9-21)15-22-12-10-20(16-23,11-13-22)17-25-3/h4-5,7,23H,1-2,6,8-17H2,3H3/b18-7+. The Balaban J connectivity index is 1.90. The summed E-state index contributed by atoms with van der Waals surface area (Å²) in [6.07, 6.45) is 9.81. The van der Waals surface area contributed by atoms with E-state index in [2.05, 4.69) is 18.1 Å². The van der Waals surface area contributed by atoms with Crippen LogP contribution < -0.4 is 0 Å². The normalized spacial score (nSPS) is 22.3. The zero-order valence-electron chi connectivity index (χ0n) is 16.0.